The van der Waals surface area contributed by atoms with Crippen LogP contribution in [0.4, 0.5) is 8.78 Å². The Morgan fingerprint density at radius 1 is 1.04 bits per heavy atom. The number of aliphatic imine (C=N–C) groups is 1. The fraction of sp³-hybridized carbons (Fsp3) is 0.278. The number of hydrogen-bond donors (Lipinski definition) is 3. The number of aromatic hydroxyl groups is 1. The van der Waals surface area contributed by atoms with Crippen LogP contribution in [0, 0.1) is 11.6 Å². The maximum atomic E-state index is 13.3. The molecule has 0 aliphatic rings. The number of nitrogens with one attached hydrogen (secondary N) is 2. The summed E-state index contributed by atoms with van der Waals surface area (Å²) >= 11 is 0. The maximum absolute atomic E-state index is 13.3. The molecule has 0 bridgehead atoms. The monoisotopic (exact) mass is 461 g/mol. The minimum atomic E-state index is -0.656. The van der Waals surface area contributed by atoms with Crippen molar-refractivity contribution in [1.82, 2.24) is 10.6 Å². The van der Waals surface area contributed by atoms with Crippen LogP contribution in [0.15, 0.2) is 47.5 Å². The van der Waals surface area contributed by atoms with E-state index in [1.807, 2.05) is 6.92 Å². The van der Waals surface area contributed by atoms with E-state index >= 15 is 0 Å². The normalized spacial score (nSPS) is 10.9. The second-order valence-corrected chi connectivity index (χ2v) is 5.28. The molecule has 0 aliphatic heterocycles. The Hall–Kier alpha value is -1.90. The number of phenols is 1. The van der Waals surface area contributed by atoms with Gasteiger partial charge in [-0.2, -0.15) is 0 Å². The van der Waals surface area contributed by atoms with Gasteiger partial charge in [-0.1, -0.05) is 18.2 Å². The van der Waals surface area contributed by atoms with E-state index in [2.05, 4.69) is 15.6 Å². The number of rotatable bonds is 6. The molecule has 136 valence electrons. The second kappa shape index (κ2) is 10.9. The van der Waals surface area contributed by atoms with Crippen LogP contribution >= 0.6 is 24.0 Å². The second-order valence-electron chi connectivity index (χ2n) is 5.28. The molecule has 0 spiro atoms. The first-order chi connectivity index (χ1) is 11.6. The lowest BCUT2D eigenvalue weighted by Crippen LogP contribution is -2.38. The molecule has 0 radical (unpaired) electrons. The summed E-state index contributed by atoms with van der Waals surface area (Å²) in [6, 6.07) is 10.6. The Labute approximate surface area is 163 Å². The van der Waals surface area contributed by atoms with E-state index in [9.17, 15) is 13.9 Å². The van der Waals surface area contributed by atoms with Gasteiger partial charge in [-0.3, -0.25) is 0 Å². The molecule has 0 amide bonds. The predicted octanol–water partition coefficient (Wildman–Crippen LogP) is 3.59. The predicted molar refractivity (Wildman–Crippen MR) is 106 cm³/mol. The topological polar surface area (TPSA) is 56.7 Å². The lowest BCUT2D eigenvalue weighted by molar-refractivity contribution is 0.432. The van der Waals surface area contributed by atoms with Gasteiger partial charge in [0.1, 0.15) is 5.82 Å². The van der Waals surface area contributed by atoms with Gasteiger partial charge in [0, 0.05) is 13.1 Å². The first-order valence-corrected chi connectivity index (χ1v) is 7.82. The zero-order valence-electron chi connectivity index (χ0n) is 13.9. The van der Waals surface area contributed by atoms with Gasteiger partial charge < -0.3 is 15.7 Å². The molecular weight excluding hydrogens is 439 g/mol. The molecule has 0 aliphatic carbocycles. The van der Waals surface area contributed by atoms with Crippen molar-refractivity contribution in [3.63, 3.8) is 0 Å². The van der Waals surface area contributed by atoms with Crippen molar-refractivity contribution in [1.29, 1.82) is 0 Å². The van der Waals surface area contributed by atoms with Crippen molar-refractivity contribution in [3.05, 3.63) is 65.2 Å². The first-order valence-electron chi connectivity index (χ1n) is 7.82. The molecule has 2 rings (SSSR count). The van der Waals surface area contributed by atoms with Crippen LogP contribution in [0.1, 0.15) is 18.1 Å². The Kier molecular flexibility index (Phi) is 9.18. The smallest absolute Gasteiger partial charge is 0.191 e. The molecule has 0 unspecified atom stereocenters. The number of hydrogen-bond acceptors (Lipinski definition) is 2. The third-order valence-electron chi connectivity index (χ3n) is 3.40. The standard InChI is InChI=1S/C18H21F2N3O.HI/c1-2-21-18(22-10-9-13-3-6-15(19)7-4-13)23-12-14-5-8-17(24)16(20)11-14;/h3-8,11,24H,2,9-10,12H2,1H3,(H2,21,22,23);1H. The molecule has 0 saturated carbocycles. The van der Waals surface area contributed by atoms with Gasteiger partial charge in [-0.25, -0.2) is 13.8 Å². The van der Waals surface area contributed by atoms with Crippen LogP contribution in [0.25, 0.3) is 0 Å². The van der Waals surface area contributed by atoms with Crippen molar-refractivity contribution in [3.8, 4) is 5.75 Å². The molecule has 0 fully saturated rings. The fourth-order valence-corrected chi connectivity index (χ4v) is 2.14. The minimum Gasteiger partial charge on any atom is -0.505 e. The molecule has 25 heavy (non-hydrogen) atoms. The third kappa shape index (κ3) is 7.25. The number of phenolic OH excluding ortho intramolecular Hbond substituents is 1. The van der Waals surface area contributed by atoms with Crippen LogP contribution < -0.4 is 10.6 Å². The van der Waals surface area contributed by atoms with Crippen molar-refractivity contribution in [2.24, 2.45) is 4.99 Å². The summed E-state index contributed by atoms with van der Waals surface area (Å²) in [5.74, 6) is -0.653. The van der Waals surface area contributed by atoms with E-state index in [1.165, 1.54) is 24.3 Å². The zero-order valence-corrected chi connectivity index (χ0v) is 16.3. The molecule has 0 atom stereocenters. The van der Waals surface area contributed by atoms with Crippen LogP contribution in [0.5, 0.6) is 5.75 Å². The van der Waals surface area contributed by atoms with Crippen molar-refractivity contribution < 1.29 is 13.9 Å². The van der Waals surface area contributed by atoms with Crippen LogP contribution in [-0.2, 0) is 13.0 Å². The number of benzene rings is 2. The Morgan fingerprint density at radius 2 is 1.72 bits per heavy atom. The van der Waals surface area contributed by atoms with E-state index < -0.39 is 5.82 Å². The van der Waals surface area contributed by atoms with Crippen molar-refractivity contribution >= 4 is 29.9 Å². The summed E-state index contributed by atoms with van der Waals surface area (Å²) in [6.07, 6.45) is 0.735. The highest BCUT2D eigenvalue weighted by Crippen LogP contribution is 2.16. The van der Waals surface area contributed by atoms with Gasteiger partial charge >= 0.3 is 0 Å². The van der Waals surface area contributed by atoms with E-state index in [0.717, 1.165) is 12.0 Å². The minimum absolute atomic E-state index is 0. The molecule has 0 saturated heterocycles. The molecule has 7 heteroatoms. The van der Waals surface area contributed by atoms with Gasteiger partial charge in [-0.15, -0.1) is 24.0 Å². The van der Waals surface area contributed by atoms with Crippen molar-refractivity contribution in [2.45, 2.75) is 19.9 Å². The maximum Gasteiger partial charge on any atom is 0.191 e. The van der Waals surface area contributed by atoms with Gasteiger partial charge in [0.05, 0.1) is 6.54 Å². The summed E-state index contributed by atoms with van der Waals surface area (Å²) in [5.41, 5.74) is 1.70. The van der Waals surface area contributed by atoms with E-state index in [4.69, 9.17) is 0 Å². The molecule has 2 aromatic rings. The average Bonchev–Trinajstić information content (AvgIpc) is 2.57. The molecule has 2 aromatic carbocycles. The lowest BCUT2D eigenvalue weighted by atomic mass is 10.1. The number of halogens is 3. The number of guanidine groups is 1. The third-order valence-corrected chi connectivity index (χ3v) is 3.40. The van der Waals surface area contributed by atoms with Crippen molar-refractivity contribution in [2.75, 3.05) is 13.1 Å². The molecule has 0 aromatic heterocycles. The van der Waals surface area contributed by atoms with E-state index in [1.54, 1.807) is 18.2 Å². The number of nitrogens with zero attached hydrogens (tertiary/aromatic N) is 1. The van der Waals surface area contributed by atoms with Crippen LogP contribution in [0.2, 0.25) is 0 Å². The SMILES string of the molecule is CCNC(=NCc1ccc(O)c(F)c1)NCCc1ccc(F)cc1.I. The largest absolute Gasteiger partial charge is 0.505 e. The Balaban J connectivity index is 0.00000312. The summed E-state index contributed by atoms with van der Waals surface area (Å²) in [5, 5.41) is 15.5. The Bertz CT molecular complexity index is 693. The summed E-state index contributed by atoms with van der Waals surface area (Å²) in [4.78, 5) is 4.39. The molecule has 3 N–H and O–H groups in total. The molecule has 4 nitrogen and oxygen atoms in total. The van der Waals surface area contributed by atoms with Gasteiger partial charge in [-0.05, 0) is 48.7 Å². The van der Waals surface area contributed by atoms with E-state index in [-0.39, 0.29) is 35.5 Å². The highest BCUT2D eigenvalue weighted by Gasteiger charge is 2.02. The van der Waals surface area contributed by atoms with Crippen LogP contribution in [0.3, 0.4) is 0 Å². The highest BCUT2D eigenvalue weighted by atomic mass is 127. The average molecular weight is 461 g/mol. The fourth-order valence-electron chi connectivity index (χ4n) is 2.14. The lowest BCUT2D eigenvalue weighted by Gasteiger charge is -2.11. The van der Waals surface area contributed by atoms with Crippen LogP contribution in [-0.4, -0.2) is 24.2 Å². The summed E-state index contributed by atoms with van der Waals surface area (Å²) in [6.45, 7) is 3.59. The first kappa shape index (κ1) is 21.1. The summed E-state index contributed by atoms with van der Waals surface area (Å²) in [7, 11) is 0. The Morgan fingerprint density at radius 3 is 2.36 bits per heavy atom. The zero-order chi connectivity index (χ0) is 17.4. The highest BCUT2D eigenvalue weighted by molar-refractivity contribution is 14.0. The molecule has 0 heterocycles. The molecular formula is C18H22F2IN3O. The quantitative estimate of drug-likeness (QED) is 0.350. The van der Waals surface area contributed by atoms with E-state index in [0.29, 0.717) is 31.2 Å². The summed E-state index contributed by atoms with van der Waals surface area (Å²) < 4.78 is 26.2. The van der Waals surface area contributed by atoms with Gasteiger partial charge in [0.2, 0.25) is 0 Å². The van der Waals surface area contributed by atoms with Gasteiger partial charge in [0.15, 0.2) is 17.5 Å². The van der Waals surface area contributed by atoms with Gasteiger partial charge in [0.25, 0.3) is 0 Å².